The lowest BCUT2D eigenvalue weighted by atomic mass is 10.1. The summed E-state index contributed by atoms with van der Waals surface area (Å²) in [6.07, 6.45) is 0. The van der Waals surface area contributed by atoms with E-state index in [1.165, 1.54) is 12.1 Å². The summed E-state index contributed by atoms with van der Waals surface area (Å²) in [5, 5.41) is 8.92. The van der Waals surface area contributed by atoms with Crippen LogP contribution in [0, 0.1) is 17.1 Å². The molecule has 3 N–H and O–H groups in total. The summed E-state index contributed by atoms with van der Waals surface area (Å²) in [7, 11) is 0. The van der Waals surface area contributed by atoms with Crippen LogP contribution in [0.4, 0.5) is 4.39 Å². The van der Waals surface area contributed by atoms with Crippen LogP contribution in [-0.2, 0) is 6.54 Å². The van der Waals surface area contributed by atoms with Crippen molar-refractivity contribution in [1.82, 2.24) is 9.97 Å². The number of hydrogen-bond donors (Lipinski definition) is 2. The van der Waals surface area contributed by atoms with Gasteiger partial charge in [-0.2, -0.15) is 5.26 Å². The van der Waals surface area contributed by atoms with Crippen molar-refractivity contribution in [2.45, 2.75) is 6.54 Å². The normalized spacial score (nSPS) is 10.2. The van der Waals surface area contributed by atoms with Gasteiger partial charge in [-0.1, -0.05) is 17.7 Å². The molecule has 0 atom stereocenters. The van der Waals surface area contributed by atoms with Gasteiger partial charge < -0.3 is 10.7 Å². The van der Waals surface area contributed by atoms with Crippen molar-refractivity contribution in [2.75, 3.05) is 0 Å². The average Bonchev–Trinajstić information content (AvgIpc) is 2.70. The van der Waals surface area contributed by atoms with E-state index in [2.05, 4.69) is 9.97 Å². The highest BCUT2D eigenvalue weighted by molar-refractivity contribution is 6.31. The number of benzene rings is 1. The first-order chi connectivity index (χ1) is 8.15. The predicted molar refractivity (Wildman–Crippen MR) is 61.6 cm³/mol. The molecule has 1 aromatic heterocycles. The van der Waals surface area contributed by atoms with Gasteiger partial charge in [0, 0.05) is 5.56 Å². The molecule has 1 heterocycles. The zero-order valence-electron chi connectivity index (χ0n) is 8.67. The molecule has 0 aliphatic heterocycles. The Morgan fingerprint density at radius 3 is 2.82 bits per heavy atom. The van der Waals surface area contributed by atoms with Crippen molar-refractivity contribution in [2.24, 2.45) is 5.73 Å². The fourth-order valence-electron chi connectivity index (χ4n) is 1.44. The highest BCUT2D eigenvalue weighted by Gasteiger charge is 2.12. The van der Waals surface area contributed by atoms with Crippen LogP contribution in [0.1, 0.15) is 11.4 Å². The maximum atomic E-state index is 13.4. The van der Waals surface area contributed by atoms with Gasteiger partial charge in [0.1, 0.15) is 28.6 Å². The van der Waals surface area contributed by atoms with E-state index in [0.29, 0.717) is 22.2 Å². The van der Waals surface area contributed by atoms with E-state index in [0.717, 1.165) is 0 Å². The summed E-state index contributed by atoms with van der Waals surface area (Å²) in [5.41, 5.74) is 6.33. The molecule has 1 aromatic carbocycles. The Morgan fingerprint density at radius 1 is 1.53 bits per heavy atom. The van der Waals surface area contributed by atoms with E-state index in [-0.39, 0.29) is 12.1 Å². The minimum Gasteiger partial charge on any atom is -0.331 e. The van der Waals surface area contributed by atoms with Crippen molar-refractivity contribution >= 4 is 11.6 Å². The van der Waals surface area contributed by atoms with Gasteiger partial charge in [0.2, 0.25) is 0 Å². The van der Waals surface area contributed by atoms with Crippen LogP contribution in [0.2, 0.25) is 5.15 Å². The summed E-state index contributed by atoms with van der Waals surface area (Å²) in [5.74, 6) is -0.0758. The first-order valence-corrected chi connectivity index (χ1v) is 5.18. The van der Waals surface area contributed by atoms with Gasteiger partial charge in [0.05, 0.1) is 12.1 Å². The molecule has 0 unspecified atom stereocenters. The number of rotatable bonds is 2. The number of H-pyrrole nitrogens is 1. The Labute approximate surface area is 102 Å². The number of hydrogen-bond acceptors (Lipinski definition) is 3. The first kappa shape index (κ1) is 11.6. The lowest BCUT2D eigenvalue weighted by Crippen LogP contribution is -1.97. The molecule has 0 amide bonds. The minimum atomic E-state index is -0.599. The fraction of sp³-hybridized carbons (Fsp3) is 0.0909. The largest absolute Gasteiger partial charge is 0.331 e. The SMILES string of the molecule is N#Cc1ccc(-c2nc(CN)[nH]c2Cl)cc1F. The molecule has 0 aliphatic rings. The second-order valence-corrected chi connectivity index (χ2v) is 3.73. The highest BCUT2D eigenvalue weighted by Crippen LogP contribution is 2.26. The van der Waals surface area contributed by atoms with Crippen molar-refractivity contribution in [3.8, 4) is 17.3 Å². The second kappa shape index (κ2) is 4.53. The quantitative estimate of drug-likeness (QED) is 0.858. The third-order valence-electron chi connectivity index (χ3n) is 2.27. The molecule has 0 fully saturated rings. The Balaban J connectivity index is 2.50. The average molecular weight is 251 g/mol. The molecule has 17 heavy (non-hydrogen) atoms. The van der Waals surface area contributed by atoms with Crippen molar-refractivity contribution in [1.29, 1.82) is 5.26 Å². The summed E-state index contributed by atoms with van der Waals surface area (Å²) in [6, 6.07) is 5.95. The molecule has 86 valence electrons. The molecule has 0 radical (unpaired) electrons. The lowest BCUT2D eigenvalue weighted by Gasteiger charge is -1.99. The number of nitrogens with zero attached hydrogens (tertiary/aromatic N) is 2. The van der Waals surface area contributed by atoms with E-state index in [9.17, 15) is 4.39 Å². The van der Waals surface area contributed by atoms with Crippen molar-refractivity contribution in [3.63, 3.8) is 0 Å². The molecule has 0 aliphatic carbocycles. The zero-order valence-corrected chi connectivity index (χ0v) is 9.42. The third kappa shape index (κ3) is 2.13. The molecule has 0 saturated carbocycles. The number of aromatic nitrogens is 2. The van der Waals surface area contributed by atoms with Crippen LogP contribution in [0.5, 0.6) is 0 Å². The molecule has 0 bridgehead atoms. The van der Waals surface area contributed by atoms with E-state index in [1.807, 2.05) is 0 Å². The molecule has 2 rings (SSSR count). The van der Waals surface area contributed by atoms with Gasteiger partial charge in [-0.15, -0.1) is 0 Å². The molecule has 0 saturated heterocycles. The number of imidazole rings is 1. The number of nitriles is 1. The molecular weight excluding hydrogens is 243 g/mol. The maximum Gasteiger partial charge on any atom is 0.141 e. The van der Waals surface area contributed by atoms with Crippen LogP contribution >= 0.6 is 11.6 Å². The number of nitrogens with one attached hydrogen (secondary N) is 1. The van der Waals surface area contributed by atoms with Gasteiger partial charge in [0.15, 0.2) is 0 Å². The van der Waals surface area contributed by atoms with E-state index in [1.54, 1.807) is 12.1 Å². The summed E-state index contributed by atoms with van der Waals surface area (Å²) >= 11 is 5.92. The molecule has 6 heteroatoms. The maximum absolute atomic E-state index is 13.4. The Bertz CT molecular complexity index is 600. The zero-order chi connectivity index (χ0) is 12.4. The van der Waals surface area contributed by atoms with Crippen LogP contribution in [0.15, 0.2) is 18.2 Å². The van der Waals surface area contributed by atoms with Gasteiger partial charge in [-0.3, -0.25) is 0 Å². The molecular formula is C11H8ClFN4. The molecule has 4 nitrogen and oxygen atoms in total. The second-order valence-electron chi connectivity index (χ2n) is 3.36. The van der Waals surface area contributed by atoms with E-state index < -0.39 is 5.82 Å². The van der Waals surface area contributed by atoms with Crippen LogP contribution < -0.4 is 5.73 Å². The number of nitrogens with two attached hydrogens (primary N) is 1. The van der Waals surface area contributed by atoms with Gasteiger partial charge >= 0.3 is 0 Å². The Kier molecular flexibility index (Phi) is 3.09. The standard InChI is InChI=1S/C11H8ClFN4/c12-11-10(16-9(5-15)17-11)6-1-2-7(4-14)8(13)3-6/h1-3H,5,15H2,(H,16,17). The summed E-state index contributed by atoms with van der Waals surface area (Å²) in [4.78, 5) is 6.92. The third-order valence-corrected chi connectivity index (χ3v) is 2.54. The molecule has 0 spiro atoms. The van der Waals surface area contributed by atoms with Crippen LogP contribution in [0.25, 0.3) is 11.3 Å². The number of halogens is 2. The first-order valence-electron chi connectivity index (χ1n) is 4.80. The summed E-state index contributed by atoms with van der Waals surface area (Å²) < 4.78 is 13.4. The highest BCUT2D eigenvalue weighted by atomic mass is 35.5. The Morgan fingerprint density at radius 2 is 2.29 bits per heavy atom. The topological polar surface area (TPSA) is 78.5 Å². The van der Waals surface area contributed by atoms with Gasteiger partial charge in [-0.05, 0) is 12.1 Å². The summed E-state index contributed by atoms with van der Waals surface area (Å²) in [6.45, 7) is 0.221. The minimum absolute atomic E-state index is 0.0144. The van der Waals surface area contributed by atoms with E-state index >= 15 is 0 Å². The van der Waals surface area contributed by atoms with E-state index in [4.69, 9.17) is 22.6 Å². The smallest absolute Gasteiger partial charge is 0.141 e. The van der Waals surface area contributed by atoms with Crippen LogP contribution in [0.3, 0.4) is 0 Å². The van der Waals surface area contributed by atoms with Crippen LogP contribution in [-0.4, -0.2) is 9.97 Å². The van der Waals surface area contributed by atoms with Crippen molar-refractivity contribution in [3.05, 3.63) is 40.6 Å². The van der Waals surface area contributed by atoms with Gasteiger partial charge in [0.25, 0.3) is 0 Å². The lowest BCUT2D eigenvalue weighted by molar-refractivity contribution is 0.624. The fourth-order valence-corrected chi connectivity index (χ4v) is 1.70. The number of aromatic amines is 1. The predicted octanol–water partition coefficient (Wildman–Crippen LogP) is 2.20. The Hall–Kier alpha value is -1.90. The van der Waals surface area contributed by atoms with Gasteiger partial charge in [-0.25, -0.2) is 9.37 Å². The van der Waals surface area contributed by atoms with Crippen molar-refractivity contribution < 1.29 is 4.39 Å². The molecule has 2 aromatic rings. The monoisotopic (exact) mass is 250 g/mol.